The Kier molecular flexibility index (Phi) is 3.33. The van der Waals surface area contributed by atoms with Crippen LogP contribution in [0, 0.1) is 12.8 Å². The van der Waals surface area contributed by atoms with Gasteiger partial charge < -0.3 is 9.67 Å². The van der Waals surface area contributed by atoms with Gasteiger partial charge in [0.2, 0.25) is 0 Å². The van der Waals surface area contributed by atoms with Gasteiger partial charge >= 0.3 is 5.97 Å². The summed E-state index contributed by atoms with van der Waals surface area (Å²) < 4.78 is 2.16. The standard InChI is InChI=1S/C15H22N2O2/c1-10-16-14(11-5-3-2-4-6-11)13-8-7-12(15(18)19)9-17(10)13/h11-12H,2-9H2,1H3,(H,18,19). The van der Waals surface area contributed by atoms with Crippen LogP contribution < -0.4 is 0 Å². The number of carboxylic acids is 1. The summed E-state index contributed by atoms with van der Waals surface area (Å²) in [4.78, 5) is 15.9. The summed E-state index contributed by atoms with van der Waals surface area (Å²) in [7, 11) is 0. The molecule has 0 bridgehead atoms. The molecule has 19 heavy (non-hydrogen) atoms. The summed E-state index contributed by atoms with van der Waals surface area (Å²) >= 11 is 0. The Hall–Kier alpha value is -1.32. The lowest BCUT2D eigenvalue weighted by molar-refractivity contribution is -0.142. The minimum Gasteiger partial charge on any atom is -0.481 e. The van der Waals surface area contributed by atoms with E-state index in [-0.39, 0.29) is 5.92 Å². The quantitative estimate of drug-likeness (QED) is 0.891. The highest BCUT2D eigenvalue weighted by Gasteiger charge is 2.30. The lowest BCUT2D eigenvalue weighted by atomic mass is 9.84. The van der Waals surface area contributed by atoms with Gasteiger partial charge in [0.05, 0.1) is 11.6 Å². The van der Waals surface area contributed by atoms with Crippen molar-refractivity contribution in [2.24, 2.45) is 5.92 Å². The highest BCUT2D eigenvalue weighted by atomic mass is 16.4. The summed E-state index contributed by atoms with van der Waals surface area (Å²) in [5, 5.41) is 9.18. The fourth-order valence-corrected chi connectivity index (χ4v) is 3.67. The first-order valence-corrected chi connectivity index (χ1v) is 7.45. The normalized spacial score (nSPS) is 24.2. The van der Waals surface area contributed by atoms with Crippen molar-refractivity contribution in [1.29, 1.82) is 0 Å². The van der Waals surface area contributed by atoms with Crippen LogP contribution in [-0.2, 0) is 17.8 Å². The number of carbonyl (C=O) groups is 1. The number of imidazole rings is 1. The van der Waals surface area contributed by atoms with E-state index in [9.17, 15) is 9.90 Å². The topological polar surface area (TPSA) is 55.1 Å². The second-order valence-electron chi connectivity index (χ2n) is 6.01. The van der Waals surface area contributed by atoms with E-state index < -0.39 is 5.97 Å². The van der Waals surface area contributed by atoms with Gasteiger partial charge in [-0.3, -0.25) is 4.79 Å². The van der Waals surface area contributed by atoms with Crippen LogP contribution in [0.2, 0.25) is 0 Å². The van der Waals surface area contributed by atoms with Crippen LogP contribution in [0.15, 0.2) is 0 Å². The molecule has 1 N–H and O–H groups in total. The van der Waals surface area contributed by atoms with Crippen molar-refractivity contribution >= 4 is 5.97 Å². The Morgan fingerprint density at radius 2 is 2.00 bits per heavy atom. The minimum atomic E-state index is -0.669. The van der Waals surface area contributed by atoms with Crippen LogP contribution in [0.25, 0.3) is 0 Å². The lowest BCUT2D eigenvalue weighted by Gasteiger charge is -2.25. The molecule has 1 aliphatic heterocycles. The zero-order valence-corrected chi connectivity index (χ0v) is 11.6. The molecule has 1 aromatic heterocycles. The maximum absolute atomic E-state index is 11.2. The van der Waals surface area contributed by atoms with Crippen molar-refractivity contribution in [3.05, 3.63) is 17.2 Å². The maximum Gasteiger partial charge on any atom is 0.308 e. The Bertz CT molecular complexity index is 487. The number of carboxylic acid groups (broad SMARTS) is 1. The average Bonchev–Trinajstić information content (AvgIpc) is 2.77. The Morgan fingerprint density at radius 1 is 1.26 bits per heavy atom. The molecule has 3 rings (SSSR count). The molecule has 2 aliphatic rings. The largest absolute Gasteiger partial charge is 0.481 e. The summed E-state index contributed by atoms with van der Waals surface area (Å²) in [5.41, 5.74) is 2.60. The molecule has 4 nitrogen and oxygen atoms in total. The first-order valence-electron chi connectivity index (χ1n) is 7.45. The molecule has 0 radical (unpaired) electrons. The number of hydrogen-bond acceptors (Lipinski definition) is 2. The minimum absolute atomic E-state index is 0.236. The molecule has 1 aliphatic carbocycles. The van der Waals surface area contributed by atoms with Crippen molar-refractivity contribution in [3.8, 4) is 0 Å². The van der Waals surface area contributed by atoms with Crippen molar-refractivity contribution < 1.29 is 9.90 Å². The molecule has 1 aromatic rings. The van der Waals surface area contributed by atoms with Gasteiger partial charge in [-0.1, -0.05) is 19.3 Å². The highest BCUT2D eigenvalue weighted by molar-refractivity contribution is 5.70. The second-order valence-corrected chi connectivity index (χ2v) is 6.01. The van der Waals surface area contributed by atoms with Gasteiger partial charge in [0.15, 0.2) is 0 Å². The average molecular weight is 262 g/mol. The molecule has 1 fully saturated rings. The number of rotatable bonds is 2. The maximum atomic E-state index is 11.2. The molecule has 4 heteroatoms. The lowest BCUT2D eigenvalue weighted by Crippen LogP contribution is -2.27. The number of nitrogens with zero attached hydrogens (tertiary/aromatic N) is 2. The molecule has 1 unspecified atom stereocenters. The fourth-order valence-electron chi connectivity index (χ4n) is 3.67. The van der Waals surface area contributed by atoms with Crippen LogP contribution in [0.1, 0.15) is 61.7 Å². The Morgan fingerprint density at radius 3 is 2.68 bits per heavy atom. The SMILES string of the molecule is Cc1nc(C2CCCCC2)c2n1CC(C(=O)O)CC2. The third-order valence-electron chi connectivity index (χ3n) is 4.77. The van der Waals surface area contributed by atoms with Gasteiger partial charge in [0, 0.05) is 18.2 Å². The van der Waals surface area contributed by atoms with Gasteiger partial charge in [-0.15, -0.1) is 0 Å². The summed E-state index contributed by atoms with van der Waals surface area (Å²) in [5.74, 6) is 0.712. The molecule has 0 saturated heterocycles. The Balaban J connectivity index is 1.89. The van der Waals surface area contributed by atoms with Crippen LogP contribution in [0.3, 0.4) is 0 Å². The smallest absolute Gasteiger partial charge is 0.308 e. The van der Waals surface area contributed by atoms with Crippen LogP contribution in [0.4, 0.5) is 0 Å². The van der Waals surface area contributed by atoms with E-state index in [4.69, 9.17) is 4.98 Å². The molecule has 1 saturated carbocycles. The predicted octanol–water partition coefficient (Wildman–Crippen LogP) is 2.89. The number of aliphatic carboxylic acids is 1. The second kappa shape index (κ2) is 4.99. The zero-order valence-electron chi connectivity index (χ0n) is 11.6. The van der Waals surface area contributed by atoms with E-state index in [0.717, 1.165) is 18.7 Å². The fraction of sp³-hybridized carbons (Fsp3) is 0.733. The molecule has 104 valence electrons. The van der Waals surface area contributed by atoms with Crippen LogP contribution >= 0.6 is 0 Å². The predicted molar refractivity (Wildman–Crippen MR) is 72.2 cm³/mol. The highest BCUT2D eigenvalue weighted by Crippen LogP contribution is 2.36. The third kappa shape index (κ3) is 2.28. The van der Waals surface area contributed by atoms with Crippen molar-refractivity contribution in [3.63, 3.8) is 0 Å². The molecule has 0 aromatic carbocycles. The number of fused-ring (bicyclic) bond motifs is 1. The van der Waals surface area contributed by atoms with E-state index in [1.54, 1.807) is 0 Å². The molecule has 2 heterocycles. The molecule has 0 amide bonds. The molecule has 0 spiro atoms. The first-order chi connectivity index (χ1) is 9.16. The summed E-state index contributed by atoms with van der Waals surface area (Å²) in [6, 6.07) is 0. The third-order valence-corrected chi connectivity index (χ3v) is 4.77. The van der Waals surface area contributed by atoms with E-state index in [0.29, 0.717) is 12.5 Å². The van der Waals surface area contributed by atoms with Crippen molar-refractivity contribution in [2.45, 2.75) is 64.3 Å². The van der Waals surface area contributed by atoms with Gasteiger partial charge in [0.1, 0.15) is 5.82 Å². The first kappa shape index (κ1) is 12.7. The van der Waals surface area contributed by atoms with Crippen molar-refractivity contribution in [1.82, 2.24) is 9.55 Å². The molecule has 1 atom stereocenters. The number of aryl methyl sites for hydroxylation is 1. The van der Waals surface area contributed by atoms with Crippen molar-refractivity contribution in [2.75, 3.05) is 0 Å². The van der Waals surface area contributed by atoms with Gasteiger partial charge in [-0.05, 0) is 32.6 Å². The summed E-state index contributed by atoms with van der Waals surface area (Å²) in [6.45, 7) is 2.62. The summed E-state index contributed by atoms with van der Waals surface area (Å²) in [6.07, 6.45) is 8.13. The van der Waals surface area contributed by atoms with E-state index >= 15 is 0 Å². The van der Waals surface area contributed by atoms with Gasteiger partial charge in [-0.25, -0.2) is 4.98 Å². The van der Waals surface area contributed by atoms with Crippen LogP contribution in [-0.4, -0.2) is 20.6 Å². The van der Waals surface area contributed by atoms with E-state index in [1.165, 1.54) is 43.5 Å². The van der Waals surface area contributed by atoms with E-state index in [1.807, 2.05) is 6.92 Å². The number of aromatic nitrogens is 2. The van der Waals surface area contributed by atoms with Gasteiger partial charge in [0.25, 0.3) is 0 Å². The van der Waals surface area contributed by atoms with Crippen LogP contribution in [0.5, 0.6) is 0 Å². The number of hydrogen-bond donors (Lipinski definition) is 1. The Labute approximate surface area is 113 Å². The van der Waals surface area contributed by atoms with Gasteiger partial charge in [-0.2, -0.15) is 0 Å². The molecular weight excluding hydrogens is 240 g/mol. The van der Waals surface area contributed by atoms with E-state index in [2.05, 4.69) is 4.57 Å². The zero-order chi connectivity index (χ0) is 13.4. The monoisotopic (exact) mass is 262 g/mol. The molecular formula is C15H22N2O2.